The van der Waals surface area contributed by atoms with E-state index in [0.717, 1.165) is 32.5 Å². The van der Waals surface area contributed by atoms with Gasteiger partial charge in [0.05, 0.1) is 19.6 Å². The second kappa shape index (κ2) is 31.9. The van der Waals surface area contributed by atoms with Crippen LogP contribution in [0.5, 0.6) is 0 Å². The van der Waals surface area contributed by atoms with E-state index in [4.69, 9.17) is 0 Å². The zero-order chi connectivity index (χ0) is 29.6. The van der Waals surface area contributed by atoms with Crippen LogP contribution in [-0.4, -0.2) is 42.6 Å². The number of unbranched alkanes of at least 4 members (excludes halogenated alkanes) is 19. The molecule has 0 aliphatic carbocycles. The highest BCUT2D eigenvalue weighted by Crippen LogP contribution is 2.17. The lowest BCUT2D eigenvalue weighted by Gasteiger charge is -2.36. The fourth-order valence-electron chi connectivity index (χ4n) is 6.04. The average Bonchev–Trinajstić information content (AvgIpc) is 2.93. The lowest BCUT2D eigenvalue weighted by Crippen LogP contribution is -3.00. The minimum absolute atomic E-state index is 0. The molecule has 0 saturated carbocycles. The molecule has 41 heavy (non-hydrogen) atoms. The Morgan fingerprint density at radius 3 is 1.15 bits per heavy atom. The van der Waals surface area contributed by atoms with Crippen molar-refractivity contribution < 1.29 is 21.7 Å². The van der Waals surface area contributed by atoms with Crippen molar-refractivity contribution in [2.24, 2.45) is 0 Å². The van der Waals surface area contributed by atoms with E-state index in [-0.39, 0.29) is 18.3 Å². The van der Waals surface area contributed by atoms with Gasteiger partial charge in [-0.15, -0.1) is 0 Å². The first-order valence-corrected chi connectivity index (χ1v) is 17.5. The highest BCUT2D eigenvalue weighted by Gasteiger charge is 2.27. The zero-order valence-electron chi connectivity index (χ0n) is 27.8. The monoisotopic (exact) mass is 595 g/mol. The Morgan fingerprint density at radius 2 is 0.854 bits per heavy atom. The number of rotatable bonds is 32. The Kier molecular flexibility index (Phi) is 32.7. The predicted octanol–water partition coefficient (Wildman–Crippen LogP) is 7.86. The second-order valence-electron chi connectivity index (χ2n) is 12.5. The number of halogens is 1. The van der Waals surface area contributed by atoms with Crippen molar-refractivity contribution in [1.29, 1.82) is 0 Å². The Hall–Kier alpha value is -1.06. The van der Waals surface area contributed by atoms with Crippen molar-refractivity contribution >= 4 is 5.91 Å². The molecule has 0 aliphatic rings. The summed E-state index contributed by atoms with van der Waals surface area (Å²) in [5.74, 6) is 0.172. The molecule has 1 N–H and O–H groups in total. The fourth-order valence-corrected chi connectivity index (χ4v) is 6.04. The van der Waals surface area contributed by atoms with Gasteiger partial charge in [0, 0.05) is 6.04 Å². The third-order valence-corrected chi connectivity index (χ3v) is 8.46. The summed E-state index contributed by atoms with van der Waals surface area (Å²) in [5.41, 5.74) is 0. The van der Waals surface area contributed by atoms with Crippen molar-refractivity contribution in [1.82, 2.24) is 5.32 Å². The van der Waals surface area contributed by atoms with Gasteiger partial charge in [-0.3, -0.25) is 4.79 Å². The summed E-state index contributed by atoms with van der Waals surface area (Å²) in [4.78, 5) is 13.2. The maximum absolute atomic E-state index is 13.2. The van der Waals surface area contributed by atoms with E-state index in [2.05, 4.69) is 38.9 Å². The summed E-state index contributed by atoms with van der Waals surface area (Å²) in [6.07, 6.45) is 36.5. The number of carbonyl (C=O) groups is 1. The van der Waals surface area contributed by atoms with Gasteiger partial charge in [0.15, 0.2) is 6.54 Å². The molecular formula is C37H71ClN2O. The van der Waals surface area contributed by atoms with Gasteiger partial charge in [0.2, 0.25) is 0 Å². The first kappa shape index (κ1) is 42.1. The molecule has 0 spiro atoms. The molecule has 0 fully saturated rings. The third kappa shape index (κ3) is 26.3. The van der Waals surface area contributed by atoms with Crippen molar-refractivity contribution in [3.05, 3.63) is 38.0 Å². The minimum Gasteiger partial charge on any atom is -1.00 e. The number of hydrogen-bond acceptors (Lipinski definition) is 1. The summed E-state index contributed by atoms with van der Waals surface area (Å²) in [6, 6.07) is 0.304. The normalized spacial score (nSPS) is 12.0. The van der Waals surface area contributed by atoms with Crippen molar-refractivity contribution in [2.75, 3.05) is 26.2 Å². The van der Waals surface area contributed by atoms with Gasteiger partial charge in [-0.25, -0.2) is 0 Å². The van der Waals surface area contributed by atoms with E-state index < -0.39 is 0 Å². The molecule has 0 aliphatic heterocycles. The molecular weight excluding hydrogens is 524 g/mol. The molecule has 0 radical (unpaired) electrons. The van der Waals surface area contributed by atoms with Gasteiger partial charge in [-0.1, -0.05) is 168 Å². The Morgan fingerprint density at radius 1 is 0.561 bits per heavy atom. The highest BCUT2D eigenvalue weighted by molar-refractivity contribution is 5.77. The smallest absolute Gasteiger partial charge is 0.275 e. The number of carbonyl (C=O) groups excluding carboxylic acids is 1. The van der Waals surface area contributed by atoms with E-state index in [1.54, 1.807) is 0 Å². The van der Waals surface area contributed by atoms with Gasteiger partial charge >= 0.3 is 0 Å². The van der Waals surface area contributed by atoms with Gasteiger partial charge in [0.1, 0.15) is 0 Å². The number of hydrogen-bond donors (Lipinski definition) is 1. The topological polar surface area (TPSA) is 29.1 Å². The van der Waals surface area contributed by atoms with Gasteiger partial charge in [-0.05, 0) is 31.1 Å². The summed E-state index contributed by atoms with van der Waals surface area (Å²) in [5, 5.41) is 3.46. The van der Waals surface area contributed by atoms with Crippen LogP contribution in [0.25, 0.3) is 0 Å². The first-order chi connectivity index (χ1) is 19.6. The van der Waals surface area contributed by atoms with Crippen LogP contribution >= 0.6 is 0 Å². The van der Waals surface area contributed by atoms with Crippen LogP contribution in [0.4, 0.5) is 0 Å². The minimum atomic E-state index is 0. The lowest BCUT2D eigenvalue weighted by molar-refractivity contribution is -0.904. The molecule has 4 heteroatoms. The number of amides is 1. The standard InChI is InChI=1S/C37H70N2O.ClH/c1-6-11-13-15-17-19-21-23-25-27-29-31-36(30-28-26-24-22-20-18-16-14-12-7-2)38-37(40)35-39(32-8-3,33-9-4)34-10-5;/h8-10,36H,3-7,11-35H2,1-2H3;1H. The molecule has 0 aromatic carbocycles. The molecule has 1 atom stereocenters. The SMILES string of the molecule is C=CC[N+](CC=C)(CC=C)CC(=O)NC(CCCCCCCCCCCC)CCCCCCCCCCCCC.[Cl-]. The van der Waals surface area contributed by atoms with Gasteiger partial charge in [0.25, 0.3) is 5.91 Å². The van der Waals surface area contributed by atoms with Crippen LogP contribution in [0.3, 0.4) is 0 Å². The molecule has 3 nitrogen and oxygen atoms in total. The van der Waals surface area contributed by atoms with E-state index in [9.17, 15) is 4.79 Å². The Bertz CT molecular complexity index is 579. The van der Waals surface area contributed by atoms with E-state index in [1.807, 2.05) is 18.2 Å². The van der Waals surface area contributed by atoms with Gasteiger partial charge < -0.3 is 22.2 Å². The van der Waals surface area contributed by atoms with Crippen LogP contribution in [0.1, 0.15) is 162 Å². The Balaban J connectivity index is 0. The highest BCUT2D eigenvalue weighted by atomic mass is 35.5. The quantitative estimate of drug-likeness (QED) is 0.0479. The molecule has 1 amide bonds. The molecule has 0 rings (SSSR count). The average molecular weight is 595 g/mol. The van der Waals surface area contributed by atoms with E-state index in [0.29, 0.717) is 17.1 Å². The molecule has 1 unspecified atom stereocenters. The molecule has 0 aromatic rings. The summed E-state index contributed by atoms with van der Waals surface area (Å²) in [6.45, 7) is 19.1. The molecule has 0 heterocycles. The first-order valence-electron chi connectivity index (χ1n) is 17.5. The number of nitrogens with one attached hydrogen (secondary N) is 1. The van der Waals surface area contributed by atoms with Crippen LogP contribution < -0.4 is 17.7 Å². The van der Waals surface area contributed by atoms with Crippen molar-refractivity contribution in [3.8, 4) is 0 Å². The van der Waals surface area contributed by atoms with Gasteiger partial charge in [-0.2, -0.15) is 0 Å². The lowest BCUT2D eigenvalue weighted by atomic mass is 9.99. The van der Waals surface area contributed by atoms with Crippen LogP contribution in [0, 0.1) is 0 Å². The summed E-state index contributed by atoms with van der Waals surface area (Å²) in [7, 11) is 0. The molecule has 0 aromatic heterocycles. The maximum Gasteiger partial charge on any atom is 0.275 e. The molecule has 242 valence electrons. The third-order valence-electron chi connectivity index (χ3n) is 8.46. The largest absolute Gasteiger partial charge is 1.00 e. The van der Waals surface area contributed by atoms with E-state index >= 15 is 0 Å². The van der Waals surface area contributed by atoms with Crippen LogP contribution in [-0.2, 0) is 4.79 Å². The van der Waals surface area contributed by atoms with Crippen molar-refractivity contribution in [3.63, 3.8) is 0 Å². The molecule has 0 saturated heterocycles. The zero-order valence-corrected chi connectivity index (χ0v) is 28.5. The Labute approximate surface area is 264 Å². The maximum atomic E-state index is 13.2. The van der Waals surface area contributed by atoms with E-state index in [1.165, 1.54) is 135 Å². The van der Waals surface area contributed by atoms with Crippen molar-refractivity contribution in [2.45, 2.75) is 168 Å². The summed E-state index contributed by atoms with van der Waals surface area (Å²) < 4.78 is 0.631. The number of quaternary nitrogens is 1. The predicted molar refractivity (Wildman–Crippen MR) is 180 cm³/mol. The second-order valence-corrected chi connectivity index (χ2v) is 12.5. The fraction of sp³-hybridized carbons (Fsp3) is 0.811. The molecule has 0 bridgehead atoms. The summed E-state index contributed by atoms with van der Waals surface area (Å²) >= 11 is 0. The van der Waals surface area contributed by atoms with Crippen LogP contribution in [0.2, 0.25) is 0 Å². The number of nitrogens with zero attached hydrogens (tertiary/aromatic N) is 1. The van der Waals surface area contributed by atoms with Crippen LogP contribution in [0.15, 0.2) is 38.0 Å².